The molecule has 0 aliphatic heterocycles. The van der Waals surface area contributed by atoms with Gasteiger partial charge in [-0.1, -0.05) is 74.7 Å². The van der Waals surface area contributed by atoms with Crippen LogP contribution in [-0.2, 0) is 33.4 Å². The van der Waals surface area contributed by atoms with E-state index in [1.165, 1.54) is 6.92 Å². The van der Waals surface area contributed by atoms with Crippen LogP contribution in [0, 0.1) is 10.8 Å². The Kier molecular flexibility index (Phi) is 17.2. The number of rotatable bonds is 24. The minimum Gasteiger partial charge on any atom is -0.367 e. The van der Waals surface area contributed by atoms with Crippen molar-refractivity contribution in [3.63, 3.8) is 0 Å². The molecular formula is C35H65O7P. The normalized spacial score (nSPS) is 19.6. The van der Waals surface area contributed by atoms with Gasteiger partial charge in [-0.15, -0.1) is 0 Å². The first-order valence-corrected chi connectivity index (χ1v) is 17.8. The number of ketones is 3. The minimum absolute atomic E-state index is 0.0492. The fraction of sp³-hybridized carbons (Fsp3) is 0.886. The van der Waals surface area contributed by atoms with Crippen molar-refractivity contribution in [3.05, 3.63) is 0 Å². The summed E-state index contributed by atoms with van der Waals surface area (Å²) in [4.78, 5) is 52.7. The molecule has 0 saturated heterocycles. The molecule has 0 saturated carbocycles. The molecule has 0 aromatic carbocycles. The van der Waals surface area contributed by atoms with E-state index >= 15 is 0 Å². The lowest BCUT2D eigenvalue weighted by molar-refractivity contribution is -0.168. The molecule has 7 nitrogen and oxygen atoms in total. The number of carbonyl (C=O) groups is 4. The first-order chi connectivity index (χ1) is 19.7. The zero-order valence-electron chi connectivity index (χ0n) is 30.1. The van der Waals surface area contributed by atoms with Crippen molar-refractivity contribution in [2.45, 2.75) is 177 Å². The maximum atomic E-state index is 13.8. The lowest BCUT2D eigenvalue weighted by Gasteiger charge is -2.45. The van der Waals surface area contributed by atoms with E-state index in [0.717, 1.165) is 25.7 Å². The predicted molar refractivity (Wildman–Crippen MR) is 178 cm³/mol. The number of hydrogen-bond acceptors (Lipinski definition) is 7. The fourth-order valence-electron chi connectivity index (χ4n) is 5.53. The highest BCUT2D eigenvalue weighted by atomic mass is 31.1. The lowest BCUT2D eigenvalue weighted by atomic mass is 9.60. The monoisotopic (exact) mass is 628 g/mol. The second-order valence-corrected chi connectivity index (χ2v) is 15.0. The van der Waals surface area contributed by atoms with Gasteiger partial charge in [0.2, 0.25) is 0 Å². The Labute approximate surface area is 265 Å². The number of ether oxygens (including phenoxy) is 3. The SMILES string of the molecule is CCCCCC(C)(C)C(C)(CC)C(=O)C(C)OC(C)(CC)C(=O)PCCOC(C)(CC)C(=O)C(C)OC(C)(CC)C(C)=O. The maximum Gasteiger partial charge on any atom is 0.192 e. The first-order valence-electron chi connectivity index (χ1n) is 16.6. The Hall–Kier alpha value is -1.01. The largest absolute Gasteiger partial charge is 0.367 e. The van der Waals surface area contributed by atoms with E-state index in [9.17, 15) is 19.2 Å². The van der Waals surface area contributed by atoms with Crippen molar-refractivity contribution in [1.82, 2.24) is 0 Å². The van der Waals surface area contributed by atoms with Gasteiger partial charge in [0.15, 0.2) is 22.9 Å². The van der Waals surface area contributed by atoms with Crippen LogP contribution in [0.3, 0.4) is 0 Å². The Morgan fingerprint density at radius 1 is 0.674 bits per heavy atom. The van der Waals surface area contributed by atoms with Gasteiger partial charge in [-0.25, -0.2) is 0 Å². The molecule has 0 amide bonds. The highest BCUT2D eigenvalue weighted by Gasteiger charge is 2.48. The summed E-state index contributed by atoms with van der Waals surface area (Å²) < 4.78 is 18.3. The molecule has 7 unspecified atom stereocenters. The van der Waals surface area contributed by atoms with Crippen molar-refractivity contribution in [1.29, 1.82) is 0 Å². The van der Waals surface area contributed by atoms with Gasteiger partial charge in [0.05, 0.1) is 6.61 Å². The molecule has 0 fully saturated rings. The average Bonchev–Trinajstić information content (AvgIpc) is 2.97. The van der Waals surface area contributed by atoms with Crippen LogP contribution < -0.4 is 0 Å². The topological polar surface area (TPSA) is 96.0 Å². The average molecular weight is 629 g/mol. The maximum absolute atomic E-state index is 13.8. The molecule has 0 rings (SSSR count). The van der Waals surface area contributed by atoms with E-state index < -0.39 is 34.4 Å². The van der Waals surface area contributed by atoms with E-state index in [4.69, 9.17) is 14.2 Å². The summed E-state index contributed by atoms with van der Waals surface area (Å²) in [6.45, 7) is 26.6. The van der Waals surface area contributed by atoms with Crippen LogP contribution in [-0.4, -0.2) is 64.7 Å². The molecule has 0 heterocycles. The van der Waals surface area contributed by atoms with E-state index in [2.05, 4.69) is 27.7 Å². The zero-order chi connectivity index (χ0) is 33.9. The summed E-state index contributed by atoms with van der Waals surface area (Å²) in [6, 6.07) is 0. The second kappa shape index (κ2) is 17.6. The molecule has 0 aliphatic rings. The Morgan fingerprint density at radius 3 is 1.60 bits per heavy atom. The van der Waals surface area contributed by atoms with Gasteiger partial charge in [-0.2, -0.15) is 0 Å². The molecule has 0 N–H and O–H groups in total. The lowest BCUT2D eigenvalue weighted by Crippen LogP contribution is -2.50. The summed E-state index contributed by atoms with van der Waals surface area (Å²) in [6.07, 6.45) is 5.30. The standard InChI is InChI=1S/C35H65O7P/c1-15-20-21-22-31(9,10)32(11,16-2)28(37)25(6)42-35(14,19-5)30(39)43-24-23-40-34(13,18-4)29(38)26(7)41-33(12,17-3)27(8)36/h25-26,43H,15-24H2,1-14H3. The smallest absolute Gasteiger partial charge is 0.192 e. The molecule has 7 atom stereocenters. The van der Waals surface area contributed by atoms with Gasteiger partial charge in [0.25, 0.3) is 0 Å². The Balaban J connectivity index is 5.39. The van der Waals surface area contributed by atoms with E-state index in [1.807, 2.05) is 27.7 Å². The van der Waals surface area contributed by atoms with E-state index in [1.54, 1.807) is 34.6 Å². The number of Topliss-reactive ketones (excluding diaryl/α,β-unsaturated/α-hetero) is 3. The zero-order valence-corrected chi connectivity index (χ0v) is 31.1. The van der Waals surface area contributed by atoms with Crippen LogP contribution in [0.2, 0.25) is 0 Å². The van der Waals surface area contributed by atoms with Crippen molar-refractivity contribution < 1.29 is 33.4 Å². The molecule has 252 valence electrons. The highest BCUT2D eigenvalue weighted by Crippen LogP contribution is 2.47. The summed E-state index contributed by atoms with van der Waals surface area (Å²) in [5, 5.41) is 0. The van der Waals surface area contributed by atoms with E-state index in [-0.39, 0.29) is 43.5 Å². The van der Waals surface area contributed by atoms with Gasteiger partial charge in [-0.05, 0) is 93.8 Å². The summed E-state index contributed by atoms with van der Waals surface area (Å²) in [5.74, 6) is -0.301. The third-order valence-electron chi connectivity index (χ3n) is 10.3. The molecular weight excluding hydrogens is 563 g/mol. The van der Waals surface area contributed by atoms with Crippen LogP contribution in [0.25, 0.3) is 0 Å². The number of carbonyl (C=O) groups excluding carboxylic acids is 4. The molecule has 0 aromatic rings. The minimum atomic E-state index is -1.10. The van der Waals surface area contributed by atoms with Crippen LogP contribution in [0.4, 0.5) is 0 Å². The number of unbranched alkanes of at least 4 members (excludes halogenated alkanes) is 2. The predicted octanol–water partition coefficient (Wildman–Crippen LogP) is 8.27. The molecule has 0 aliphatic carbocycles. The molecule has 0 radical (unpaired) electrons. The quantitative estimate of drug-likeness (QED) is 0.0784. The summed E-state index contributed by atoms with van der Waals surface area (Å²) >= 11 is 0. The van der Waals surface area contributed by atoms with Gasteiger partial charge < -0.3 is 14.2 Å². The fourth-order valence-corrected chi connectivity index (χ4v) is 6.57. The Bertz CT molecular complexity index is 933. The first kappa shape index (κ1) is 42.0. The second-order valence-electron chi connectivity index (χ2n) is 13.7. The Morgan fingerprint density at radius 2 is 1.16 bits per heavy atom. The van der Waals surface area contributed by atoms with Gasteiger partial charge in [-0.3, -0.25) is 19.2 Å². The van der Waals surface area contributed by atoms with Crippen molar-refractivity contribution in [2.24, 2.45) is 10.8 Å². The molecule has 0 spiro atoms. The van der Waals surface area contributed by atoms with Gasteiger partial charge in [0, 0.05) is 5.41 Å². The van der Waals surface area contributed by atoms with Crippen molar-refractivity contribution >= 4 is 31.5 Å². The van der Waals surface area contributed by atoms with Crippen LogP contribution in [0.5, 0.6) is 0 Å². The van der Waals surface area contributed by atoms with Crippen molar-refractivity contribution in [3.8, 4) is 0 Å². The van der Waals surface area contributed by atoms with Crippen LogP contribution in [0.1, 0.15) is 148 Å². The van der Waals surface area contributed by atoms with Crippen molar-refractivity contribution in [2.75, 3.05) is 12.8 Å². The molecule has 8 heteroatoms. The summed E-state index contributed by atoms with van der Waals surface area (Å²) in [7, 11) is -0.0912. The molecule has 43 heavy (non-hydrogen) atoms. The van der Waals surface area contributed by atoms with Crippen LogP contribution >= 0.6 is 8.58 Å². The number of hydrogen-bond donors (Lipinski definition) is 0. The third kappa shape index (κ3) is 10.8. The van der Waals surface area contributed by atoms with Gasteiger partial charge in [0.1, 0.15) is 29.0 Å². The highest BCUT2D eigenvalue weighted by molar-refractivity contribution is 7.58. The molecule has 0 aromatic heterocycles. The molecule has 0 bridgehead atoms. The summed E-state index contributed by atoms with van der Waals surface area (Å²) in [5.41, 5.74) is -4.02. The van der Waals surface area contributed by atoms with Crippen LogP contribution in [0.15, 0.2) is 0 Å². The third-order valence-corrected chi connectivity index (χ3v) is 11.6. The van der Waals surface area contributed by atoms with E-state index in [0.29, 0.717) is 31.8 Å². The van der Waals surface area contributed by atoms with Gasteiger partial charge >= 0.3 is 0 Å².